The Labute approximate surface area is 159 Å². The van der Waals surface area contributed by atoms with Crippen LogP contribution in [0, 0.1) is 23.7 Å². The van der Waals surface area contributed by atoms with Gasteiger partial charge in [-0.3, -0.25) is 9.59 Å². The molecule has 0 unspecified atom stereocenters. The number of carbonyl (C=O) groups excluding carboxylic acids is 2. The van der Waals surface area contributed by atoms with Gasteiger partial charge < -0.3 is 9.47 Å². The fraction of sp³-hybridized carbons (Fsp3) is 0.909. The molecule has 2 saturated carbocycles. The van der Waals surface area contributed by atoms with Gasteiger partial charge >= 0.3 is 11.9 Å². The van der Waals surface area contributed by atoms with E-state index in [-0.39, 0.29) is 23.8 Å². The van der Waals surface area contributed by atoms with Crippen LogP contribution < -0.4 is 0 Å². The van der Waals surface area contributed by atoms with Crippen molar-refractivity contribution in [1.29, 1.82) is 0 Å². The summed E-state index contributed by atoms with van der Waals surface area (Å²) in [4.78, 5) is 24.0. The second kappa shape index (κ2) is 11.6. The summed E-state index contributed by atoms with van der Waals surface area (Å²) in [7, 11) is 0. The second-order valence-corrected chi connectivity index (χ2v) is 8.66. The summed E-state index contributed by atoms with van der Waals surface area (Å²) in [6.45, 7) is 5.58. The number of esters is 2. The van der Waals surface area contributed by atoms with Crippen LogP contribution in [-0.4, -0.2) is 25.2 Å². The van der Waals surface area contributed by atoms with E-state index in [1.807, 2.05) is 0 Å². The lowest BCUT2D eigenvalue weighted by Gasteiger charge is -2.24. The Bertz CT molecular complexity index is 378. The highest BCUT2D eigenvalue weighted by atomic mass is 16.5. The van der Waals surface area contributed by atoms with Crippen molar-refractivity contribution in [1.82, 2.24) is 0 Å². The number of hydrogen-bond donors (Lipinski definition) is 0. The van der Waals surface area contributed by atoms with Gasteiger partial charge in [-0.25, -0.2) is 0 Å². The Morgan fingerprint density at radius 2 is 0.962 bits per heavy atom. The zero-order valence-electron chi connectivity index (χ0n) is 16.8. The first-order valence-electron chi connectivity index (χ1n) is 10.9. The van der Waals surface area contributed by atoms with Crippen LogP contribution in [0.3, 0.4) is 0 Å². The lowest BCUT2D eigenvalue weighted by Crippen LogP contribution is -2.23. The first kappa shape index (κ1) is 21.2. The summed E-state index contributed by atoms with van der Waals surface area (Å²) < 4.78 is 10.9. The highest BCUT2D eigenvalue weighted by molar-refractivity contribution is 5.72. The van der Waals surface area contributed by atoms with Crippen LogP contribution in [0.25, 0.3) is 0 Å². The first-order chi connectivity index (χ1) is 12.6. The van der Waals surface area contributed by atoms with Gasteiger partial charge in [-0.05, 0) is 88.9 Å². The smallest absolute Gasteiger partial charge is 0.308 e. The SMILES string of the molecule is CC1CCC(C(=O)OCCCCCCOC(=O)C2CCC(C)CC2)CC1. The van der Waals surface area contributed by atoms with Crippen molar-refractivity contribution < 1.29 is 19.1 Å². The van der Waals surface area contributed by atoms with E-state index in [1.165, 1.54) is 0 Å². The number of rotatable bonds is 9. The van der Waals surface area contributed by atoms with Crippen LogP contribution >= 0.6 is 0 Å². The van der Waals surface area contributed by atoms with Crippen LogP contribution in [0.15, 0.2) is 0 Å². The minimum atomic E-state index is 0.00707. The molecule has 0 saturated heterocycles. The molecule has 2 rings (SSSR count). The minimum Gasteiger partial charge on any atom is -0.465 e. The van der Waals surface area contributed by atoms with Gasteiger partial charge in [0.25, 0.3) is 0 Å². The molecule has 0 aromatic heterocycles. The number of unbranched alkanes of at least 4 members (excludes halogenated alkanes) is 3. The minimum absolute atomic E-state index is 0.00707. The summed E-state index contributed by atoms with van der Waals surface area (Å²) in [5.41, 5.74) is 0. The van der Waals surface area contributed by atoms with Crippen LogP contribution in [0.1, 0.15) is 90.9 Å². The predicted molar refractivity (Wildman–Crippen MR) is 103 cm³/mol. The maximum absolute atomic E-state index is 12.0. The third kappa shape index (κ3) is 7.67. The van der Waals surface area contributed by atoms with E-state index in [2.05, 4.69) is 13.8 Å². The molecule has 2 fully saturated rings. The van der Waals surface area contributed by atoms with Crippen molar-refractivity contribution in [3.8, 4) is 0 Å². The van der Waals surface area contributed by atoms with Gasteiger partial charge in [0.05, 0.1) is 25.0 Å². The fourth-order valence-corrected chi connectivity index (χ4v) is 4.13. The molecular weight excluding hydrogens is 328 g/mol. The molecule has 0 aromatic rings. The monoisotopic (exact) mass is 366 g/mol. The van der Waals surface area contributed by atoms with Crippen molar-refractivity contribution in [2.45, 2.75) is 90.9 Å². The zero-order chi connectivity index (χ0) is 18.8. The van der Waals surface area contributed by atoms with Gasteiger partial charge in [-0.1, -0.05) is 13.8 Å². The maximum Gasteiger partial charge on any atom is 0.308 e. The summed E-state index contributed by atoms with van der Waals surface area (Å²) in [5.74, 6) is 1.80. The van der Waals surface area contributed by atoms with Gasteiger partial charge in [0.1, 0.15) is 0 Å². The lowest BCUT2D eigenvalue weighted by atomic mass is 9.83. The average Bonchev–Trinajstić information content (AvgIpc) is 2.64. The molecule has 2 aliphatic carbocycles. The van der Waals surface area contributed by atoms with Crippen molar-refractivity contribution >= 4 is 11.9 Å². The number of carbonyl (C=O) groups is 2. The van der Waals surface area contributed by atoms with Gasteiger partial charge in [-0.2, -0.15) is 0 Å². The highest BCUT2D eigenvalue weighted by Crippen LogP contribution is 2.30. The summed E-state index contributed by atoms with van der Waals surface area (Å²) in [5, 5.41) is 0. The van der Waals surface area contributed by atoms with Crippen LogP contribution in [-0.2, 0) is 19.1 Å². The van der Waals surface area contributed by atoms with Crippen molar-refractivity contribution in [2.24, 2.45) is 23.7 Å². The molecule has 0 aromatic carbocycles. The summed E-state index contributed by atoms with van der Waals surface area (Å²) in [6, 6.07) is 0. The molecule has 0 heterocycles. The lowest BCUT2D eigenvalue weighted by molar-refractivity contribution is -0.151. The molecule has 2 aliphatic rings. The van der Waals surface area contributed by atoms with Gasteiger partial charge in [0.15, 0.2) is 0 Å². The van der Waals surface area contributed by atoms with E-state index in [0.717, 1.165) is 88.9 Å². The quantitative estimate of drug-likeness (QED) is 0.411. The Balaban J connectivity index is 1.41. The maximum atomic E-state index is 12.0. The standard InChI is InChI=1S/C22H38O4/c1-17-7-11-19(12-8-17)21(23)25-15-5-3-4-6-16-26-22(24)20-13-9-18(2)10-14-20/h17-20H,3-16H2,1-2H3. The Morgan fingerprint density at radius 3 is 1.31 bits per heavy atom. The second-order valence-electron chi connectivity index (χ2n) is 8.66. The molecule has 4 nitrogen and oxygen atoms in total. The van der Waals surface area contributed by atoms with E-state index >= 15 is 0 Å². The Morgan fingerprint density at radius 1 is 0.615 bits per heavy atom. The molecule has 150 valence electrons. The van der Waals surface area contributed by atoms with Crippen molar-refractivity contribution in [3.63, 3.8) is 0 Å². The Hall–Kier alpha value is -1.06. The summed E-state index contributed by atoms with van der Waals surface area (Å²) >= 11 is 0. The third-order valence-corrected chi connectivity index (χ3v) is 6.23. The van der Waals surface area contributed by atoms with E-state index in [1.54, 1.807) is 0 Å². The highest BCUT2D eigenvalue weighted by Gasteiger charge is 2.26. The molecule has 0 bridgehead atoms. The van der Waals surface area contributed by atoms with Crippen LogP contribution in [0.5, 0.6) is 0 Å². The van der Waals surface area contributed by atoms with E-state index in [0.29, 0.717) is 13.2 Å². The first-order valence-corrected chi connectivity index (χ1v) is 10.9. The molecule has 0 spiro atoms. The predicted octanol–water partition coefficient (Wildman–Crippen LogP) is 5.29. The molecule has 0 N–H and O–H groups in total. The van der Waals surface area contributed by atoms with Crippen molar-refractivity contribution in [2.75, 3.05) is 13.2 Å². The normalized spacial score (nSPS) is 29.2. The van der Waals surface area contributed by atoms with E-state index < -0.39 is 0 Å². The molecule has 0 aliphatic heterocycles. The van der Waals surface area contributed by atoms with E-state index in [9.17, 15) is 9.59 Å². The fourth-order valence-electron chi connectivity index (χ4n) is 4.13. The molecule has 4 heteroatoms. The number of ether oxygens (including phenoxy) is 2. The number of hydrogen-bond acceptors (Lipinski definition) is 4. The van der Waals surface area contributed by atoms with E-state index in [4.69, 9.17) is 9.47 Å². The average molecular weight is 367 g/mol. The molecule has 0 atom stereocenters. The molecular formula is C22H38O4. The molecule has 0 radical (unpaired) electrons. The van der Waals surface area contributed by atoms with Crippen molar-refractivity contribution in [3.05, 3.63) is 0 Å². The third-order valence-electron chi connectivity index (χ3n) is 6.23. The van der Waals surface area contributed by atoms with Gasteiger partial charge in [0, 0.05) is 0 Å². The molecule has 26 heavy (non-hydrogen) atoms. The summed E-state index contributed by atoms with van der Waals surface area (Å²) in [6.07, 6.45) is 12.4. The van der Waals surface area contributed by atoms with Gasteiger partial charge in [-0.15, -0.1) is 0 Å². The topological polar surface area (TPSA) is 52.6 Å². The zero-order valence-corrected chi connectivity index (χ0v) is 16.8. The van der Waals surface area contributed by atoms with Gasteiger partial charge in [0.2, 0.25) is 0 Å². The van der Waals surface area contributed by atoms with Crippen LogP contribution in [0.2, 0.25) is 0 Å². The van der Waals surface area contributed by atoms with Crippen LogP contribution in [0.4, 0.5) is 0 Å². The largest absolute Gasteiger partial charge is 0.465 e. The molecule has 0 amide bonds. The Kier molecular flexibility index (Phi) is 9.49.